The molecule has 3 nitrogen and oxygen atoms in total. The smallest absolute Gasteiger partial charge is 0.118 e. The molecular weight excluding hydrogens is 150 g/mol. The van der Waals surface area contributed by atoms with E-state index in [1.165, 1.54) is 0 Å². The van der Waals surface area contributed by atoms with E-state index in [0.29, 0.717) is 6.42 Å². The highest BCUT2D eigenvalue weighted by molar-refractivity contribution is 6.11. The van der Waals surface area contributed by atoms with Crippen LogP contribution in [0.4, 0.5) is 4.39 Å². The lowest BCUT2D eigenvalue weighted by molar-refractivity contribution is 0.0169. The van der Waals surface area contributed by atoms with E-state index in [1.54, 1.807) is 0 Å². The molecule has 5 heteroatoms. The van der Waals surface area contributed by atoms with Crippen LogP contribution < -0.4 is 0 Å². The molecule has 0 saturated carbocycles. The van der Waals surface area contributed by atoms with E-state index in [9.17, 15) is 4.39 Å². The van der Waals surface area contributed by atoms with Crippen LogP contribution >= 0.6 is 0 Å². The van der Waals surface area contributed by atoms with Gasteiger partial charge in [-0.15, -0.1) is 0 Å². The average molecular weight is 162 g/mol. The van der Waals surface area contributed by atoms with Gasteiger partial charge in [0.25, 0.3) is 0 Å². The van der Waals surface area contributed by atoms with Crippen molar-refractivity contribution in [3.63, 3.8) is 0 Å². The molecule has 3 atom stereocenters. The molecule has 1 aliphatic heterocycles. The van der Waals surface area contributed by atoms with Gasteiger partial charge in [0, 0.05) is 13.1 Å². The largest absolute Gasteiger partial charge is 0.400 e. The zero-order valence-electron chi connectivity index (χ0n) is 6.40. The van der Waals surface area contributed by atoms with Crippen LogP contribution in [0.15, 0.2) is 0 Å². The zero-order chi connectivity index (χ0) is 8.85. The van der Waals surface area contributed by atoms with Crippen molar-refractivity contribution in [3.8, 4) is 0 Å². The SMILES string of the molecule is CO.[B]C1CC(O)C(CF)O1. The Hall–Kier alpha value is -0.125. The summed E-state index contributed by atoms with van der Waals surface area (Å²) in [7, 11) is 6.24. The topological polar surface area (TPSA) is 49.7 Å². The third-order valence-corrected chi connectivity index (χ3v) is 1.40. The van der Waals surface area contributed by atoms with Crippen LogP contribution in [-0.2, 0) is 4.74 Å². The molecule has 1 fully saturated rings. The molecule has 11 heavy (non-hydrogen) atoms. The molecule has 1 aliphatic rings. The van der Waals surface area contributed by atoms with Gasteiger partial charge in [-0.2, -0.15) is 0 Å². The van der Waals surface area contributed by atoms with Gasteiger partial charge in [0.05, 0.1) is 6.10 Å². The first-order valence-corrected chi connectivity index (χ1v) is 3.34. The van der Waals surface area contributed by atoms with Crippen LogP contribution in [-0.4, -0.2) is 50.1 Å². The van der Waals surface area contributed by atoms with E-state index in [-0.39, 0.29) is 0 Å². The van der Waals surface area contributed by atoms with E-state index >= 15 is 0 Å². The predicted octanol–water partition coefficient (Wildman–Crippen LogP) is -0.791. The first-order valence-electron chi connectivity index (χ1n) is 3.34. The first-order chi connectivity index (χ1) is 5.24. The van der Waals surface area contributed by atoms with Crippen LogP contribution in [0.1, 0.15) is 6.42 Å². The van der Waals surface area contributed by atoms with Crippen molar-refractivity contribution in [1.82, 2.24) is 0 Å². The van der Waals surface area contributed by atoms with Crippen LogP contribution in [0.2, 0.25) is 0 Å². The second-order valence-electron chi connectivity index (χ2n) is 2.17. The fraction of sp³-hybridized carbons (Fsp3) is 1.00. The summed E-state index contributed by atoms with van der Waals surface area (Å²) in [6, 6.07) is -0.485. The molecule has 0 bridgehead atoms. The summed E-state index contributed by atoms with van der Waals surface area (Å²) in [6.07, 6.45) is -1.07. The fourth-order valence-electron chi connectivity index (χ4n) is 0.900. The zero-order valence-corrected chi connectivity index (χ0v) is 6.40. The van der Waals surface area contributed by atoms with Crippen LogP contribution in [0.25, 0.3) is 0 Å². The number of alkyl halides is 1. The lowest BCUT2D eigenvalue weighted by Gasteiger charge is -2.07. The minimum absolute atomic E-state index is 0.342. The molecule has 1 rings (SSSR count). The summed E-state index contributed by atoms with van der Waals surface area (Å²) < 4.78 is 16.6. The Labute approximate surface area is 66.6 Å². The number of aliphatic hydroxyl groups excluding tert-OH is 2. The molecule has 0 aromatic carbocycles. The maximum absolute atomic E-state index is 11.8. The molecule has 0 amide bonds. The average Bonchev–Trinajstić information content (AvgIpc) is 2.33. The molecule has 1 saturated heterocycles. The molecule has 64 valence electrons. The number of hydrogen-bond acceptors (Lipinski definition) is 3. The summed E-state index contributed by atoms with van der Waals surface area (Å²) in [4.78, 5) is 0. The third kappa shape index (κ3) is 3.18. The Kier molecular flexibility index (Phi) is 5.45. The van der Waals surface area contributed by atoms with E-state index in [1.807, 2.05) is 0 Å². The van der Waals surface area contributed by atoms with Gasteiger partial charge in [0.1, 0.15) is 20.6 Å². The quantitative estimate of drug-likeness (QED) is 0.496. The highest BCUT2D eigenvalue weighted by Crippen LogP contribution is 2.17. The Morgan fingerprint density at radius 3 is 2.36 bits per heavy atom. The fourth-order valence-corrected chi connectivity index (χ4v) is 0.900. The summed E-state index contributed by atoms with van der Waals surface area (Å²) in [6.45, 7) is -0.658. The van der Waals surface area contributed by atoms with E-state index in [4.69, 9.17) is 22.8 Å². The van der Waals surface area contributed by atoms with Crippen molar-refractivity contribution in [2.24, 2.45) is 0 Å². The number of aliphatic hydroxyl groups is 2. The lowest BCUT2D eigenvalue weighted by atomic mass is 9.96. The van der Waals surface area contributed by atoms with Crippen molar-refractivity contribution >= 4 is 7.85 Å². The van der Waals surface area contributed by atoms with Gasteiger partial charge < -0.3 is 14.9 Å². The monoisotopic (exact) mass is 162 g/mol. The van der Waals surface area contributed by atoms with Crippen molar-refractivity contribution in [1.29, 1.82) is 0 Å². The van der Waals surface area contributed by atoms with Crippen molar-refractivity contribution < 1.29 is 19.3 Å². The molecule has 1 heterocycles. The van der Waals surface area contributed by atoms with Crippen molar-refractivity contribution in [2.75, 3.05) is 13.8 Å². The molecule has 2 radical (unpaired) electrons. The number of halogens is 1. The van der Waals surface area contributed by atoms with Crippen LogP contribution in [0.3, 0.4) is 0 Å². The molecule has 0 aliphatic carbocycles. The van der Waals surface area contributed by atoms with E-state index in [2.05, 4.69) is 0 Å². The Morgan fingerprint density at radius 2 is 2.18 bits per heavy atom. The normalized spacial score (nSPS) is 36.2. The highest BCUT2D eigenvalue weighted by atomic mass is 19.1. The summed E-state index contributed by atoms with van der Waals surface area (Å²) in [5.74, 6) is 0. The predicted molar refractivity (Wildman–Crippen MR) is 39.2 cm³/mol. The number of rotatable bonds is 1. The Balaban J connectivity index is 0.000000461. The molecule has 0 aromatic rings. The second-order valence-corrected chi connectivity index (χ2v) is 2.17. The number of ether oxygens (including phenoxy) is 1. The molecule has 3 unspecified atom stereocenters. The maximum Gasteiger partial charge on any atom is 0.118 e. The molecule has 0 spiro atoms. The van der Waals surface area contributed by atoms with Gasteiger partial charge in [0.15, 0.2) is 0 Å². The number of hydrogen-bond donors (Lipinski definition) is 2. The molecule has 0 aromatic heterocycles. The van der Waals surface area contributed by atoms with E-state index < -0.39 is 24.9 Å². The van der Waals surface area contributed by atoms with Crippen LogP contribution in [0.5, 0.6) is 0 Å². The summed E-state index contributed by atoms with van der Waals surface area (Å²) >= 11 is 0. The third-order valence-electron chi connectivity index (χ3n) is 1.40. The standard InChI is InChI=1S/C5H8BFO2.CH4O/c6-5-1-3(8)4(2-7)9-5;1-2/h3-5,8H,1-2H2;2H,1H3. The summed E-state index contributed by atoms with van der Waals surface area (Å²) in [5, 5.41) is 15.9. The Morgan fingerprint density at radius 1 is 1.64 bits per heavy atom. The first kappa shape index (κ1) is 10.9. The van der Waals surface area contributed by atoms with Gasteiger partial charge in [-0.3, -0.25) is 0 Å². The molecular formula is C6H12BFO3. The van der Waals surface area contributed by atoms with Crippen molar-refractivity contribution in [3.05, 3.63) is 0 Å². The maximum atomic E-state index is 11.8. The van der Waals surface area contributed by atoms with Gasteiger partial charge in [-0.1, -0.05) is 0 Å². The summed E-state index contributed by atoms with van der Waals surface area (Å²) in [5.41, 5.74) is 0. The lowest BCUT2D eigenvalue weighted by Crippen LogP contribution is -2.22. The van der Waals surface area contributed by atoms with Crippen LogP contribution in [0, 0.1) is 0 Å². The highest BCUT2D eigenvalue weighted by Gasteiger charge is 2.30. The second kappa shape index (κ2) is 5.52. The molecule has 2 N–H and O–H groups in total. The minimum atomic E-state index is -0.718. The van der Waals surface area contributed by atoms with Gasteiger partial charge in [0.2, 0.25) is 0 Å². The van der Waals surface area contributed by atoms with Gasteiger partial charge >= 0.3 is 0 Å². The minimum Gasteiger partial charge on any atom is -0.400 e. The van der Waals surface area contributed by atoms with E-state index in [0.717, 1.165) is 7.11 Å². The van der Waals surface area contributed by atoms with Crippen molar-refractivity contribution in [2.45, 2.75) is 24.6 Å². The Bertz CT molecular complexity index is 104. The van der Waals surface area contributed by atoms with Gasteiger partial charge in [-0.25, -0.2) is 4.39 Å². The van der Waals surface area contributed by atoms with Gasteiger partial charge in [-0.05, 0) is 6.42 Å².